The van der Waals surface area contributed by atoms with Crippen LogP contribution in [-0.4, -0.2) is 67.3 Å². The van der Waals surface area contributed by atoms with Gasteiger partial charge in [0.2, 0.25) is 10.0 Å². The molecule has 0 spiro atoms. The molecule has 1 fully saturated rings. The predicted octanol–water partition coefficient (Wildman–Crippen LogP) is 5.32. The Bertz CT molecular complexity index is 1570. The van der Waals surface area contributed by atoms with Gasteiger partial charge in [-0.2, -0.15) is 4.31 Å². The summed E-state index contributed by atoms with van der Waals surface area (Å²) in [5.74, 6) is -1.74. The molecule has 0 unspecified atom stereocenters. The summed E-state index contributed by atoms with van der Waals surface area (Å²) in [6.07, 6.45) is -5.24. The number of piperazine rings is 1. The molecule has 0 radical (unpaired) electrons. The van der Waals surface area contributed by atoms with Crippen LogP contribution in [0.2, 0.25) is 0 Å². The average molecular weight is 656 g/mol. The number of rotatable bonds is 9. The van der Waals surface area contributed by atoms with Gasteiger partial charge in [-0.05, 0) is 57.5 Å². The Morgan fingerprint density at radius 2 is 1.68 bits per heavy atom. The highest BCUT2D eigenvalue weighted by molar-refractivity contribution is 7.89. The zero-order valence-corrected chi connectivity index (χ0v) is 26.1. The van der Waals surface area contributed by atoms with Crippen LogP contribution in [0.4, 0.5) is 18.3 Å². The third-order valence-electron chi connectivity index (χ3n) is 6.38. The summed E-state index contributed by atoms with van der Waals surface area (Å²) < 4.78 is 81.1. The Hall–Kier alpha value is -3.69. The summed E-state index contributed by atoms with van der Waals surface area (Å²) >= 11 is 1.10. The topological polar surface area (TPSA) is 115 Å². The third-order valence-corrected chi connectivity index (χ3v) is 9.54. The van der Waals surface area contributed by atoms with Crippen LogP contribution in [0.3, 0.4) is 0 Å². The van der Waals surface area contributed by atoms with Crippen molar-refractivity contribution >= 4 is 38.4 Å². The van der Waals surface area contributed by atoms with Crippen LogP contribution < -0.4 is 9.64 Å². The van der Waals surface area contributed by atoms with E-state index in [1.807, 2.05) is 6.07 Å². The highest BCUT2D eigenvalue weighted by Crippen LogP contribution is 2.32. The molecule has 238 valence electrons. The number of anilines is 1. The lowest BCUT2D eigenvalue weighted by Crippen LogP contribution is -2.55. The molecule has 10 nitrogen and oxygen atoms in total. The van der Waals surface area contributed by atoms with E-state index in [1.165, 1.54) is 0 Å². The van der Waals surface area contributed by atoms with Gasteiger partial charge in [0, 0.05) is 19.6 Å². The van der Waals surface area contributed by atoms with Crippen LogP contribution >= 0.6 is 11.3 Å². The number of alkyl halides is 3. The fraction of sp³-hybridized carbons (Fsp3) is 0.414. The lowest BCUT2D eigenvalue weighted by atomic mass is 10.1. The summed E-state index contributed by atoms with van der Waals surface area (Å²) in [5.41, 5.74) is 0.495. The molecule has 4 rings (SSSR count). The van der Waals surface area contributed by atoms with E-state index in [9.17, 15) is 31.2 Å². The number of hydrogen-bond acceptors (Lipinski definition) is 10. The molecule has 3 aromatic rings. The van der Waals surface area contributed by atoms with Crippen molar-refractivity contribution in [2.24, 2.45) is 0 Å². The fourth-order valence-electron chi connectivity index (χ4n) is 4.46. The molecule has 1 aliphatic rings. The van der Waals surface area contributed by atoms with E-state index in [0.717, 1.165) is 45.5 Å². The number of sulfonamides is 1. The number of hydrogen-bond donors (Lipinski definition) is 0. The van der Waals surface area contributed by atoms with Gasteiger partial charge >= 0.3 is 18.3 Å². The van der Waals surface area contributed by atoms with Gasteiger partial charge in [0.1, 0.15) is 22.8 Å². The second-order valence-electron chi connectivity index (χ2n) is 11.0. The maximum Gasteiger partial charge on any atom is 0.573 e. The van der Waals surface area contributed by atoms with Gasteiger partial charge in [-0.1, -0.05) is 41.7 Å². The van der Waals surface area contributed by atoms with Crippen molar-refractivity contribution in [1.29, 1.82) is 0 Å². The predicted molar refractivity (Wildman–Crippen MR) is 156 cm³/mol. The summed E-state index contributed by atoms with van der Waals surface area (Å²) in [6.45, 7) is 7.06. The minimum absolute atomic E-state index is 0.00551. The second kappa shape index (κ2) is 13.1. The summed E-state index contributed by atoms with van der Waals surface area (Å²) in [7, 11) is -4.26. The number of aryl methyl sites for hydroxylation is 1. The number of carbonyl (C=O) groups excluding carboxylic acids is 2. The third kappa shape index (κ3) is 8.70. The van der Waals surface area contributed by atoms with E-state index in [0.29, 0.717) is 15.7 Å². The first-order chi connectivity index (χ1) is 20.5. The van der Waals surface area contributed by atoms with Crippen molar-refractivity contribution < 1.29 is 45.4 Å². The second-order valence-corrected chi connectivity index (χ2v) is 13.9. The van der Waals surface area contributed by atoms with E-state index in [1.54, 1.807) is 56.9 Å². The first-order valence-corrected chi connectivity index (χ1v) is 15.8. The largest absolute Gasteiger partial charge is 0.573 e. The number of aromatic nitrogens is 1. The van der Waals surface area contributed by atoms with Crippen molar-refractivity contribution in [3.63, 3.8) is 0 Å². The van der Waals surface area contributed by atoms with Crippen LogP contribution in [0.15, 0.2) is 59.5 Å². The number of nitrogens with zero attached hydrogens (tertiary/aromatic N) is 3. The first kappa shape index (κ1) is 33.2. The quantitative estimate of drug-likeness (QED) is 0.283. The van der Waals surface area contributed by atoms with Gasteiger partial charge in [0.15, 0.2) is 5.13 Å². The molecule has 2 heterocycles. The molecule has 0 aliphatic carbocycles. The summed E-state index contributed by atoms with van der Waals surface area (Å²) in [6, 6.07) is 11.9. The highest BCUT2D eigenvalue weighted by Gasteiger charge is 2.39. The minimum Gasteiger partial charge on any atom is -0.461 e. The molecule has 44 heavy (non-hydrogen) atoms. The molecule has 0 saturated carbocycles. The molecular formula is C29H32F3N3O7S2. The number of benzene rings is 2. The van der Waals surface area contributed by atoms with Gasteiger partial charge in [-0.25, -0.2) is 18.2 Å². The van der Waals surface area contributed by atoms with Crippen molar-refractivity contribution in [3.05, 3.63) is 70.7 Å². The van der Waals surface area contributed by atoms with E-state index in [4.69, 9.17) is 9.47 Å². The minimum atomic E-state index is -4.93. The molecule has 1 atom stereocenters. The Labute approximate surface area is 257 Å². The standard InChI is InChI=1S/C29H32F3N3O7S2/c1-19-25(26(37)42-28(2,3)4)43-27(33-19)34-14-15-35(21(17-34)16-24(36)40-18-20-8-6-5-7-9-20)44(38,39)23-12-10-22(11-13-23)41-29(30,31)32/h5-13,21H,14-18H2,1-4H3/t21-/m0/s1. The number of halogens is 3. The van der Waals surface area contributed by atoms with Crippen molar-refractivity contribution in [3.8, 4) is 5.75 Å². The Kier molecular flexibility index (Phi) is 9.90. The number of esters is 2. The molecule has 0 bridgehead atoms. The number of carbonyl (C=O) groups is 2. The molecule has 1 saturated heterocycles. The zero-order chi connectivity index (χ0) is 32.3. The highest BCUT2D eigenvalue weighted by atomic mass is 32.2. The SMILES string of the molecule is Cc1nc(N2CCN(S(=O)(=O)c3ccc(OC(F)(F)F)cc3)[C@@H](CC(=O)OCc3ccccc3)C2)sc1C(=O)OC(C)(C)C. The van der Waals surface area contributed by atoms with Crippen LogP contribution in [0.5, 0.6) is 5.75 Å². The smallest absolute Gasteiger partial charge is 0.461 e. The lowest BCUT2D eigenvalue weighted by Gasteiger charge is -2.40. The Balaban J connectivity index is 1.57. The van der Waals surface area contributed by atoms with Crippen LogP contribution in [0.25, 0.3) is 0 Å². The molecule has 0 N–H and O–H groups in total. The molecule has 0 amide bonds. The first-order valence-electron chi connectivity index (χ1n) is 13.5. The van der Waals surface area contributed by atoms with Gasteiger partial charge < -0.3 is 19.1 Å². The maximum absolute atomic E-state index is 13.7. The van der Waals surface area contributed by atoms with Gasteiger partial charge in [0.05, 0.1) is 23.1 Å². The van der Waals surface area contributed by atoms with Crippen molar-refractivity contribution in [1.82, 2.24) is 9.29 Å². The Morgan fingerprint density at radius 3 is 2.30 bits per heavy atom. The van der Waals surface area contributed by atoms with E-state index in [2.05, 4.69) is 9.72 Å². The van der Waals surface area contributed by atoms with E-state index >= 15 is 0 Å². The monoisotopic (exact) mass is 655 g/mol. The number of ether oxygens (including phenoxy) is 3. The average Bonchev–Trinajstić information content (AvgIpc) is 3.32. The van der Waals surface area contributed by atoms with E-state index < -0.39 is 45.7 Å². The number of thiazole rings is 1. The van der Waals surface area contributed by atoms with Gasteiger partial charge in [-0.15, -0.1) is 13.2 Å². The molecule has 1 aliphatic heterocycles. The van der Waals surface area contributed by atoms with Crippen LogP contribution in [-0.2, 0) is 30.9 Å². The normalized spacial score (nSPS) is 16.4. The molecule has 2 aromatic carbocycles. The lowest BCUT2D eigenvalue weighted by molar-refractivity contribution is -0.274. The van der Waals surface area contributed by atoms with E-state index in [-0.39, 0.29) is 37.6 Å². The molecule has 15 heteroatoms. The summed E-state index contributed by atoms with van der Waals surface area (Å²) in [5, 5.41) is 0.455. The fourth-order valence-corrected chi connectivity index (χ4v) is 7.05. The van der Waals surface area contributed by atoms with Gasteiger partial charge in [-0.3, -0.25) is 4.79 Å². The maximum atomic E-state index is 13.7. The Morgan fingerprint density at radius 1 is 1.02 bits per heavy atom. The van der Waals surface area contributed by atoms with Crippen molar-refractivity contribution in [2.75, 3.05) is 24.5 Å². The molecule has 1 aromatic heterocycles. The van der Waals surface area contributed by atoms with Crippen LogP contribution in [0, 0.1) is 6.92 Å². The van der Waals surface area contributed by atoms with Crippen LogP contribution in [0.1, 0.15) is 48.1 Å². The van der Waals surface area contributed by atoms with Crippen molar-refractivity contribution in [2.45, 2.75) is 63.6 Å². The zero-order valence-electron chi connectivity index (χ0n) is 24.5. The molecular weight excluding hydrogens is 623 g/mol. The summed E-state index contributed by atoms with van der Waals surface area (Å²) in [4.78, 5) is 32.0. The van der Waals surface area contributed by atoms with Gasteiger partial charge in [0.25, 0.3) is 0 Å².